The third-order valence-electron chi connectivity index (χ3n) is 6.52. The maximum absolute atomic E-state index is 10.3. The molecule has 2 saturated carbocycles. The molecule has 0 aromatic heterocycles. The van der Waals surface area contributed by atoms with Gasteiger partial charge in [-0.2, -0.15) is 9.98 Å². The summed E-state index contributed by atoms with van der Waals surface area (Å²) in [5.41, 5.74) is 1.02. The highest BCUT2D eigenvalue weighted by Crippen LogP contribution is 2.47. The van der Waals surface area contributed by atoms with Crippen LogP contribution in [0.2, 0.25) is 0 Å². The van der Waals surface area contributed by atoms with Crippen LogP contribution < -0.4 is 0 Å². The highest BCUT2D eigenvalue weighted by Gasteiger charge is 2.41. The Morgan fingerprint density at radius 2 is 1.05 bits per heavy atom. The molecule has 1 aromatic carbocycles. The van der Waals surface area contributed by atoms with Crippen molar-refractivity contribution in [2.24, 2.45) is 40.8 Å². The molecule has 2 unspecified atom stereocenters. The van der Waals surface area contributed by atoms with Gasteiger partial charge in [-0.1, -0.05) is 20.8 Å². The van der Waals surface area contributed by atoms with E-state index in [1.54, 1.807) is 48.6 Å². The van der Waals surface area contributed by atoms with E-state index >= 15 is 0 Å². The standard InChI is InChI=1S/C12H18N2O2.C8H10N2O2.C8H4N2O2/c1-11(2)4-10(14-9-16)5-12(3,6-11)7-13-8-15;2*11-5-9-7-1-2-8(4-3-7)10-6-12/h10H,4-7H2,1-3H3;7-8H,1-4H2;1-4H. The number of hydrogen-bond donors (Lipinski definition) is 0. The first-order chi connectivity index (χ1) is 19.1. The minimum absolute atomic E-state index is 0.00750. The average Bonchev–Trinajstić information content (AvgIpc) is 2.90. The smallest absolute Gasteiger partial charge is 0.211 e. The maximum atomic E-state index is 10.3. The molecule has 2 atom stereocenters. The van der Waals surface area contributed by atoms with Gasteiger partial charge in [-0.15, -0.1) is 0 Å². The summed E-state index contributed by atoms with van der Waals surface area (Å²) in [6.45, 7) is 6.86. The van der Waals surface area contributed by atoms with Gasteiger partial charge in [-0.3, -0.25) is 0 Å². The van der Waals surface area contributed by atoms with Crippen LogP contribution in [0, 0.1) is 10.8 Å². The molecule has 12 heteroatoms. The van der Waals surface area contributed by atoms with Gasteiger partial charge in [0.1, 0.15) is 0 Å². The fourth-order valence-electron chi connectivity index (χ4n) is 5.26. The van der Waals surface area contributed by atoms with E-state index in [9.17, 15) is 28.8 Å². The summed E-state index contributed by atoms with van der Waals surface area (Å²) in [6.07, 6.45) is 15.1. The number of hydrogen-bond acceptors (Lipinski definition) is 12. The Balaban J connectivity index is 0.000000305. The number of rotatable bonds is 7. The Bertz CT molecular complexity index is 1190. The Kier molecular flexibility index (Phi) is 15.0. The van der Waals surface area contributed by atoms with Gasteiger partial charge in [0.15, 0.2) is 0 Å². The first-order valence-electron chi connectivity index (χ1n) is 12.6. The van der Waals surface area contributed by atoms with Gasteiger partial charge < -0.3 is 0 Å². The van der Waals surface area contributed by atoms with Gasteiger partial charge >= 0.3 is 0 Å². The van der Waals surface area contributed by atoms with Gasteiger partial charge in [0.05, 0.1) is 36.0 Å². The lowest BCUT2D eigenvalue weighted by molar-refractivity contribution is 0.0915. The van der Waals surface area contributed by atoms with E-state index < -0.39 is 0 Å². The van der Waals surface area contributed by atoms with E-state index in [1.807, 2.05) is 0 Å². The van der Waals surface area contributed by atoms with Gasteiger partial charge in [0.2, 0.25) is 36.5 Å². The van der Waals surface area contributed by atoms with Crippen LogP contribution in [0.3, 0.4) is 0 Å². The minimum Gasteiger partial charge on any atom is -0.211 e. The summed E-state index contributed by atoms with van der Waals surface area (Å²) in [4.78, 5) is 81.4. The summed E-state index contributed by atoms with van der Waals surface area (Å²) in [7, 11) is 0. The molecule has 0 N–H and O–H groups in total. The largest absolute Gasteiger partial charge is 0.240 e. The van der Waals surface area contributed by atoms with Crippen LogP contribution in [0.4, 0.5) is 11.4 Å². The number of aliphatic imine (C=N–C) groups is 6. The molecule has 0 aliphatic heterocycles. The molecule has 2 fully saturated rings. The summed E-state index contributed by atoms with van der Waals surface area (Å²) < 4.78 is 0. The zero-order chi connectivity index (χ0) is 29.9. The molecule has 0 bridgehead atoms. The second-order valence-corrected chi connectivity index (χ2v) is 10.7. The third-order valence-corrected chi connectivity index (χ3v) is 6.52. The van der Waals surface area contributed by atoms with Crippen LogP contribution in [-0.2, 0) is 28.8 Å². The summed E-state index contributed by atoms with van der Waals surface area (Å²) in [5.74, 6) is 0. The van der Waals surface area contributed by atoms with Crippen molar-refractivity contribution in [2.45, 2.75) is 83.8 Å². The van der Waals surface area contributed by atoms with Gasteiger partial charge in [-0.05, 0) is 80.0 Å². The topological polar surface area (TPSA) is 177 Å². The van der Waals surface area contributed by atoms with Crippen molar-refractivity contribution in [3.8, 4) is 0 Å². The number of carbonyl (C=O) groups excluding carboxylic acids is 6. The van der Waals surface area contributed by atoms with Crippen molar-refractivity contribution in [2.75, 3.05) is 6.54 Å². The highest BCUT2D eigenvalue weighted by molar-refractivity contribution is 5.55. The van der Waals surface area contributed by atoms with E-state index in [1.165, 1.54) is 12.2 Å². The Labute approximate surface area is 232 Å². The maximum Gasteiger partial charge on any atom is 0.240 e. The van der Waals surface area contributed by atoms with Crippen molar-refractivity contribution in [1.29, 1.82) is 0 Å². The van der Waals surface area contributed by atoms with Crippen LogP contribution in [0.1, 0.15) is 65.7 Å². The molecule has 0 spiro atoms. The zero-order valence-corrected chi connectivity index (χ0v) is 22.8. The summed E-state index contributed by atoms with van der Waals surface area (Å²) >= 11 is 0. The van der Waals surface area contributed by atoms with Crippen LogP contribution in [0.25, 0.3) is 0 Å². The molecule has 0 radical (unpaired) electrons. The van der Waals surface area contributed by atoms with Crippen molar-refractivity contribution < 1.29 is 28.8 Å². The van der Waals surface area contributed by atoms with E-state index in [0.29, 0.717) is 17.9 Å². The fraction of sp³-hybridized carbons (Fsp3) is 0.571. The van der Waals surface area contributed by atoms with Gasteiger partial charge in [0, 0.05) is 0 Å². The summed E-state index contributed by atoms with van der Waals surface area (Å²) in [6, 6.07) is 6.43. The SMILES string of the molecule is CC1(C)CC(N=C=O)CC(C)(CN=C=O)C1.O=C=NC1CCC(N=C=O)CC1.O=C=Nc1ccc(N=C=O)cc1. The molecule has 2 aliphatic carbocycles. The molecule has 210 valence electrons. The molecular weight excluding hydrogens is 516 g/mol. The van der Waals surface area contributed by atoms with Gasteiger partial charge in [0.25, 0.3) is 0 Å². The molecule has 12 nitrogen and oxygen atoms in total. The van der Waals surface area contributed by atoms with Crippen molar-refractivity contribution in [3.05, 3.63) is 24.3 Å². The molecule has 2 aliphatic rings. The number of isocyanates is 6. The van der Waals surface area contributed by atoms with Crippen LogP contribution in [0.15, 0.2) is 54.2 Å². The lowest BCUT2D eigenvalue weighted by Crippen LogP contribution is -2.39. The molecule has 0 amide bonds. The Hall–Kier alpha value is -4.50. The highest BCUT2D eigenvalue weighted by atomic mass is 16.1. The first-order valence-corrected chi connectivity index (χ1v) is 12.6. The second-order valence-electron chi connectivity index (χ2n) is 10.7. The van der Waals surface area contributed by atoms with Crippen molar-refractivity contribution in [1.82, 2.24) is 0 Å². The monoisotopic (exact) mass is 548 g/mol. The van der Waals surface area contributed by atoms with Gasteiger partial charge in [-0.25, -0.2) is 48.7 Å². The Morgan fingerprint density at radius 1 is 0.625 bits per heavy atom. The van der Waals surface area contributed by atoms with E-state index in [2.05, 4.69) is 50.7 Å². The lowest BCUT2D eigenvalue weighted by atomic mass is 9.63. The molecule has 3 rings (SSSR count). The second kappa shape index (κ2) is 17.9. The van der Waals surface area contributed by atoms with E-state index in [-0.39, 0.29) is 29.0 Å². The molecule has 0 heterocycles. The molecule has 40 heavy (non-hydrogen) atoms. The van der Waals surface area contributed by atoms with E-state index in [4.69, 9.17) is 0 Å². The van der Waals surface area contributed by atoms with Crippen molar-refractivity contribution >= 4 is 47.9 Å². The van der Waals surface area contributed by atoms with Crippen LogP contribution in [-0.4, -0.2) is 61.1 Å². The fourth-order valence-corrected chi connectivity index (χ4v) is 5.26. The number of benzene rings is 1. The Morgan fingerprint density at radius 3 is 1.43 bits per heavy atom. The van der Waals surface area contributed by atoms with E-state index in [0.717, 1.165) is 44.9 Å². The quantitative estimate of drug-likeness (QED) is 0.348. The third kappa shape index (κ3) is 13.3. The summed E-state index contributed by atoms with van der Waals surface area (Å²) in [5, 5.41) is 0. The number of nitrogens with zero attached hydrogens (tertiary/aromatic N) is 6. The normalized spacial score (nSPS) is 23.8. The predicted molar refractivity (Wildman–Crippen MR) is 145 cm³/mol. The predicted octanol–water partition coefficient (Wildman–Crippen LogP) is 4.83. The average molecular weight is 549 g/mol. The van der Waals surface area contributed by atoms with Crippen LogP contribution >= 0.6 is 0 Å². The lowest BCUT2D eigenvalue weighted by Gasteiger charge is -2.44. The van der Waals surface area contributed by atoms with Crippen molar-refractivity contribution in [3.63, 3.8) is 0 Å². The molecular formula is C28H32N6O6. The minimum atomic E-state index is -0.0653. The zero-order valence-electron chi connectivity index (χ0n) is 22.8. The van der Waals surface area contributed by atoms with Crippen LogP contribution in [0.5, 0.6) is 0 Å². The first kappa shape index (κ1) is 33.5. The molecule has 0 saturated heterocycles. The molecule has 1 aromatic rings.